The van der Waals surface area contributed by atoms with Crippen LogP contribution in [0.25, 0.3) is 0 Å². The summed E-state index contributed by atoms with van der Waals surface area (Å²) in [5.41, 5.74) is 0. The molecule has 1 atom stereocenters. The summed E-state index contributed by atoms with van der Waals surface area (Å²) in [4.78, 5) is 14.0. The van der Waals surface area contributed by atoms with E-state index >= 15 is 0 Å². The molecule has 2 nitrogen and oxygen atoms in total. The minimum absolute atomic E-state index is 0.285. The SMILES string of the molecule is CN1CCC1C(=O)C1CCCC1. The Morgan fingerprint density at radius 1 is 1.25 bits per heavy atom. The lowest BCUT2D eigenvalue weighted by atomic mass is 9.90. The third kappa shape index (κ3) is 1.28. The molecule has 0 spiro atoms. The van der Waals surface area contributed by atoms with Crippen LogP contribution < -0.4 is 0 Å². The lowest BCUT2D eigenvalue weighted by molar-refractivity contribution is -0.131. The van der Waals surface area contributed by atoms with Crippen molar-refractivity contribution in [2.75, 3.05) is 13.6 Å². The first-order chi connectivity index (χ1) is 5.79. The van der Waals surface area contributed by atoms with Crippen LogP contribution >= 0.6 is 0 Å². The van der Waals surface area contributed by atoms with Crippen LogP contribution in [0.2, 0.25) is 0 Å². The maximum absolute atomic E-state index is 11.8. The molecule has 0 radical (unpaired) electrons. The first-order valence-corrected chi connectivity index (χ1v) is 5.03. The highest BCUT2D eigenvalue weighted by molar-refractivity contribution is 5.87. The highest BCUT2D eigenvalue weighted by Crippen LogP contribution is 2.30. The highest BCUT2D eigenvalue weighted by atomic mass is 16.1. The molecule has 1 saturated heterocycles. The largest absolute Gasteiger partial charge is 0.298 e. The molecule has 2 aliphatic rings. The van der Waals surface area contributed by atoms with Crippen molar-refractivity contribution in [3.05, 3.63) is 0 Å². The van der Waals surface area contributed by atoms with Gasteiger partial charge in [0.15, 0.2) is 5.78 Å². The predicted octanol–water partition coefficient (Wildman–Crippen LogP) is 1.45. The number of rotatable bonds is 2. The topological polar surface area (TPSA) is 20.3 Å². The number of nitrogens with zero attached hydrogens (tertiary/aromatic N) is 1. The minimum Gasteiger partial charge on any atom is -0.298 e. The molecule has 0 aromatic carbocycles. The number of carbonyl (C=O) groups is 1. The molecule has 0 aromatic heterocycles. The van der Waals surface area contributed by atoms with Gasteiger partial charge in [0.2, 0.25) is 0 Å². The fourth-order valence-electron chi connectivity index (χ4n) is 2.36. The maximum Gasteiger partial charge on any atom is 0.153 e. The smallest absolute Gasteiger partial charge is 0.153 e. The van der Waals surface area contributed by atoms with Crippen molar-refractivity contribution < 1.29 is 4.79 Å². The van der Waals surface area contributed by atoms with Gasteiger partial charge in [0.25, 0.3) is 0 Å². The van der Waals surface area contributed by atoms with E-state index in [2.05, 4.69) is 11.9 Å². The van der Waals surface area contributed by atoms with Gasteiger partial charge in [-0.05, 0) is 26.3 Å². The van der Waals surface area contributed by atoms with Crippen LogP contribution in [0.3, 0.4) is 0 Å². The van der Waals surface area contributed by atoms with Crippen LogP contribution in [-0.4, -0.2) is 30.3 Å². The van der Waals surface area contributed by atoms with E-state index in [-0.39, 0.29) is 6.04 Å². The first-order valence-electron chi connectivity index (χ1n) is 5.03. The molecule has 1 saturated carbocycles. The Bertz CT molecular complexity index is 180. The number of hydrogen-bond acceptors (Lipinski definition) is 2. The van der Waals surface area contributed by atoms with Crippen LogP contribution in [0.15, 0.2) is 0 Å². The summed E-state index contributed by atoms with van der Waals surface area (Å²) in [6, 6.07) is 0.285. The quantitative estimate of drug-likeness (QED) is 0.620. The van der Waals surface area contributed by atoms with E-state index in [0.29, 0.717) is 11.7 Å². The predicted molar refractivity (Wildman–Crippen MR) is 48.0 cm³/mol. The Hall–Kier alpha value is -0.370. The van der Waals surface area contributed by atoms with E-state index in [4.69, 9.17) is 0 Å². The van der Waals surface area contributed by atoms with Crippen LogP contribution in [0.4, 0.5) is 0 Å². The monoisotopic (exact) mass is 167 g/mol. The Morgan fingerprint density at radius 3 is 2.33 bits per heavy atom. The number of likely N-dealkylation sites (tertiary alicyclic amines) is 1. The number of Topliss-reactive ketones (excluding diaryl/α,β-unsaturated/α-hetero) is 1. The zero-order chi connectivity index (χ0) is 8.55. The zero-order valence-corrected chi connectivity index (χ0v) is 7.75. The van der Waals surface area contributed by atoms with Crippen molar-refractivity contribution in [2.24, 2.45) is 5.92 Å². The molecule has 1 aliphatic heterocycles. The summed E-state index contributed by atoms with van der Waals surface area (Å²) in [7, 11) is 2.06. The maximum atomic E-state index is 11.8. The van der Waals surface area contributed by atoms with Gasteiger partial charge in [0.1, 0.15) is 0 Å². The molecular formula is C10H17NO. The molecule has 0 amide bonds. The van der Waals surface area contributed by atoms with Gasteiger partial charge in [-0.25, -0.2) is 0 Å². The second-order valence-corrected chi connectivity index (χ2v) is 4.17. The molecule has 1 unspecified atom stereocenters. The van der Waals surface area contributed by atoms with E-state index < -0.39 is 0 Å². The van der Waals surface area contributed by atoms with E-state index in [1.54, 1.807) is 0 Å². The third-order valence-electron chi connectivity index (χ3n) is 3.37. The number of ketones is 1. The fourth-order valence-corrected chi connectivity index (χ4v) is 2.36. The average molecular weight is 167 g/mol. The summed E-state index contributed by atoms with van der Waals surface area (Å²) in [5.74, 6) is 0.944. The van der Waals surface area contributed by atoms with Gasteiger partial charge in [0, 0.05) is 12.5 Å². The molecule has 0 bridgehead atoms. The van der Waals surface area contributed by atoms with Gasteiger partial charge in [-0.2, -0.15) is 0 Å². The summed E-state index contributed by atoms with van der Waals surface area (Å²) >= 11 is 0. The molecule has 2 fully saturated rings. The molecule has 1 heterocycles. The van der Waals surface area contributed by atoms with Gasteiger partial charge in [-0.15, -0.1) is 0 Å². The van der Waals surface area contributed by atoms with Gasteiger partial charge in [0.05, 0.1) is 6.04 Å². The molecule has 1 aliphatic carbocycles. The second kappa shape index (κ2) is 3.17. The molecule has 68 valence electrons. The number of likely N-dealkylation sites (N-methyl/N-ethyl adjacent to an activating group) is 1. The van der Waals surface area contributed by atoms with Crippen LogP contribution in [-0.2, 0) is 4.79 Å². The summed E-state index contributed by atoms with van der Waals surface area (Å²) in [5, 5.41) is 0. The number of hydrogen-bond donors (Lipinski definition) is 0. The summed E-state index contributed by atoms with van der Waals surface area (Å²) < 4.78 is 0. The van der Waals surface area contributed by atoms with Crippen LogP contribution in [0.5, 0.6) is 0 Å². The zero-order valence-electron chi connectivity index (χ0n) is 7.75. The molecule has 0 aromatic rings. The van der Waals surface area contributed by atoms with Crippen molar-refractivity contribution in [1.82, 2.24) is 4.90 Å². The Kier molecular flexibility index (Phi) is 2.18. The van der Waals surface area contributed by atoms with Crippen LogP contribution in [0.1, 0.15) is 32.1 Å². The fraction of sp³-hybridized carbons (Fsp3) is 0.900. The molecular weight excluding hydrogens is 150 g/mol. The molecule has 0 N–H and O–H groups in total. The molecule has 2 rings (SSSR count). The lowest BCUT2D eigenvalue weighted by Crippen LogP contribution is -2.51. The standard InChI is InChI=1S/C10H17NO/c1-11-7-6-9(11)10(12)8-4-2-3-5-8/h8-9H,2-7H2,1H3. The van der Waals surface area contributed by atoms with Gasteiger partial charge in [-0.1, -0.05) is 12.8 Å². The van der Waals surface area contributed by atoms with Crippen molar-refractivity contribution in [3.8, 4) is 0 Å². The van der Waals surface area contributed by atoms with E-state index in [1.807, 2.05) is 0 Å². The Morgan fingerprint density at radius 2 is 1.92 bits per heavy atom. The van der Waals surface area contributed by atoms with Crippen LogP contribution in [0, 0.1) is 5.92 Å². The van der Waals surface area contributed by atoms with Crippen molar-refractivity contribution in [3.63, 3.8) is 0 Å². The van der Waals surface area contributed by atoms with E-state index in [9.17, 15) is 4.79 Å². The average Bonchev–Trinajstić information content (AvgIpc) is 2.53. The van der Waals surface area contributed by atoms with E-state index in [0.717, 1.165) is 25.8 Å². The van der Waals surface area contributed by atoms with Crippen molar-refractivity contribution in [1.29, 1.82) is 0 Å². The van der Waals surface area contributed by atoms with E-state index in [1.165, 1.54) is 12.8 Å². The second-order valence-electron chi connectivity index (χ2n) is 4.17. The van der Waals surface area contributed by atoms with Gasteiger partial charge < -0.3 is 0 Å². The normalized spacial score (nSPS) is 31.9. The first kappa shape index (κ1) is 8.24. The van der Waals surface area contributed by atoms with Crippen molar-refractivity contribution in [2.45, 2.75) is 38.1 Å². The van der Waals surface area contributed by atoms with Gasteiger partial charge in [-0.3, -0.25) is 9.69 Å². The summed E-state index contributed by atoms with van der Waals surface area (Å²) in [6.45, 7) is 1.11. The molecule has 12 heavy (non-hydrogen) atoms. The minimum atomic E-state index is 0.285. The van der Waals surface area contributed by atoms with Crippen molar-refractivity contribution >= 4 is 5.78 Å². The highest BCUT2D eigenvalue weighted by Gasteiger charge is 2.35. The molecule has 2 heteroatoms. The van der Waals surface area contributed by atoms with Gasteiger partial charge >= 0.3 is 0 Å². The Labute approximate surface area is 73.9 Å². The lowest BCUT2D eigenvalue weighted by Gasteiger charge is -2.37. The number of carbonyl (C=O) groups excluding carboxylic acids is 1. The third-order valence-corrected chi connectivity index (χ3v) is 3.37. The Balaban J connectivity index is 1.90. The summed E-state index contributed by atoms with van der Waals surface area (Å²) in [6.07, 6.45) is 5.96.